The molecule has 0 aliphatic heterocycles. The average molecular weight is 302 g/mol. The second-order valence-electron chi connectivity index (χ2n) is 8.48. The van der Waals surface area contributed by atoms with Crippen LogP contribution in [0.15, 0.2) is 23.3 Å². The fraction of sp³-hybridized carbons (Fsp3) is 0.750. The van der Waals surface area contributed by atoms with Crippen LogP contribution in [0.2, 0.25) is 0 Å². The van der Waals surface area contributed by atoms with Gasteiger partial charge in [-0.05, 0) is 51.9 Å². The predicted molar refractivity (Wildman–Crippen MR) is 89.4 cm³/mol. The Bertz CT molecular complexity index is 486. The van der Waals surface area contributed by atoms with E-state index in [1.165, 1.54) is 50.5 Å². The summed E-state index contributed by atoms with van der Waals surface area (Å²) in [6.45, 7) is 5.76. The second-order valence-corrected chi connectivity index (χ2v) is 8.48. The SMILES string of the molecule is CC(C)(C)OC(=O)/C=C1/C[C@H]2CC(CC3CCCCC3)=C[C@@H]12. The monoisotopic (exact) mass is 302 g/mol. The number of carbonyl (C=O) groups excluding carboxylic acids is 1. The number of allylic oxidation sites excluding steroid dienone is 3. The van der Waals surface area contributed by atoms with Crippen molar-refractivity contribution in [2.24, 2.45) is 17.8 Å². The molecule has 3 rings (SSSR count). The largest absolute Gasteiger partial charge is 0.457 e. The van der Waals surface area contributed by atoms with Crippen molar-refractivity contribution in [3.63, 3.8) is 0 Å². The third kappa shape index (κ3) is 3.83. The molecule has 0 aromatic carbocycles. The van der Waals surface area contributed by atoms with Gasteiger partial charge in [0.05, 0.1) is 0 Å². The minimum atomic E-state index is -0.394. The number of hydrogen-bond donors (Lipinski definition) is 0. The molecule has 0 aromatic heterocycles. The summed E-state index contributed by atoms with van der Waals surface area (Å²) in [5.41, 5.74) is 2.56. The summed E-state index contributed by atoms with van der Waals surface area (Å²) in [5.74, 6) is 2.06. The van der Waals surface area contributed by atoms with Gasteiger partial charge in [0.1, 0.15) is 5.60 Å². The Balaban J connectivity index is 1.55. The third-order valence-corrected chi connectivity index (χ3v) is 5.36. The van der Waals surface area contributed by atoms with Gasteiger partial charge in [0.25, 0.3) is 0 Å². The lowest BCUT2D eigenvalue weighted by Gasteiger charge is -2.34. The molecule has 0 aromatic rings. The van der Waals surface area contributed by atoms with Gasteiger partial charge in [0.15, 0.2) is 0 Å². The number of carbonyl (C=O) groups is 1. The summed E-state index contributed by atoms with van der Waals surface area (Å²) >= 11 is 0. The summed E-state index contributed by atoms with van der Waals surface area (Å²) in [7, 11) is 0. The Morgan fingerprint density at radius 2 is 1.95 bits per heavy atom. The van der Waals surface area contributed by atoms with Gasteiger partial charge < -0.3 is 4.74 Å². The fourth-order valence-corrected chi connectivity index (χ4v) is 4.36. The van der Waals surface area contributed by atoms with E-state index in [1.807, 2.05) is 20.8 Å². The molecule has 0 unspecified atom stereocenters. The van der Waals surface area contributed by atoms with Crippen LogP contribution < -0.4 is 0 Å². The van der Waals surface area contributed by atoms with Crippen molar-refractivity contribution >= 4 is 5.97 Å². The Labute approximate surface area is 135 Å². The van der Waals surface area contributed by atoms with E-state index in [0.717, 1.165) is 18.3 Å². The van der Waals surface area contributed by atoms with E-state index in [9.17, 15) is 4.79 Å². The van der Waals surface area contributed by atoms with Crippen LogP contribution in [-0.2, 0) is 9.53 Å². The van der Waals surface area contributed by atoms with E-state index in [2.05, 4.69) is 6.08 Å². The number of esters is 1. The Morgan fingerprint density at radius 3 is 2.64 bits per heavy atom. The van der Waals surface area contributed by atoms with Gasteiger partial charge in [-0.15, -0.1) is 0 Å². The van der Waals surface area contributed by atoms with Crippen LogP contribution in [0.3, 0.4) is 0 Å². The van der Waals surface area contributed by atoms with E-state index in [-0.39, 0.29) is 5.97 Å². The molecule has 0 spiro atoms. The molecule has 0 N–H and O–H groups in total. The Hall–Kier alpha value is -1.05. The van der Waals surface area contributed by atoms with E-state index < -0.39 is 5.60 Å². The summed E-state index contributed by atoms with van der Waals surface area (Å²) in [6.07, 6.45) is 15.0. The minimum absolute atomic E-state index is 0.171. The van der Waals surface area contributed by atoms with Crippen molar-refractivity contribution in [3.05, 3.63) is 23.3 Å². The molecule has 22 heavy (non-hydrogen) atoms. The second kappa shape index (κ2) is 6.22. The lowest BCUT2D eigenvalue weighted by molar-refractivity contribution is -0.148. The van der Waals surface area contributed by atoms with E-state index in [4.69, 9.17) is 4.74 Å². The lowest BCUT2D eigenvalue weighted by atomic mass is 9.71. The molecule has 0 amide bonds. The maximum Gasteiger partial charge on any atom is 0.331 e. The molecule has 0 radical (unpaired) electrons. The zero-order valence-electron chi connectivity index (χ0n) is 14.4. The standard InChI is InChI=1S/C20H30O2/c1-20(2,3)22-19(21)13-17-12-16-10-15(11-18(16)17)9-14-7-5-4-6-8-14/h11,13-14,16,18H,4-10,12H2,1-3H3/b17-13-/t16-,18-/m1/s1. The van der Waals surface area contributed by atoms with E-state index in [0.29, 0.717) is 5.92 Å². The van der Waals surface area contributed by atoms with Gasteiger partial charge in [-0.25, -0.2) is 4.79 Å². The van der Waals surface area contributed by atoms with Crippen LogP contribution in [0.25, 0.3) is 0 Å². The van der Waals surface area contributed by atoms with Crippen molar-refractivity contribution in [2.75, 3.05) is 0 Å². The van der Waals surface area contributed by atoms with Gasteiger partial charge >= 0.3 is 5.97 Å². The molecular weight excluding hydrogens is 272 g/mol. The lowest BCUT2D eigenvalue weighted by Crippen LogP contribution is -2.27. The Morgan fingerprint density at radius 1 is 1.23 bits per heavy atom. The van der Waals surface area contributed by atoms with Crippen LogP contribution >= 0.6 is 0 Å². The quantitative estimate of drug-likeness (QED) is 0.407. The van der Waals surface area contributed by atoms with Crippen LogP contribution in [0.5, 0.6) is 0 Å². The highest BCUT2D eigenvalue weighted by atomic mass is 16.6. The Kier molecular flexibility index (Phi) is 4.47. The minimum Gasteiger partial charge on any atom is -0.457 e. The topological polar surface area (TPSA) is 26.3 Å². The highest BCUT2D eigenvalue weighted by molar-refractivity contribution is 5.83. The fourth-order valence-electron chi connectivity index (χ4n) is 4.36. The van der Waals surface area contributed by atoms with Crippen LogP contribution in [0, 0.1) is 17.8 Å². The van der Waals surface area contributed by atoms with Crippen LogP contribution in [0.1, 0.15) is 72.1 Å². The van der Waals surface area contributed by atoms with Crippen molar-refractivity contribution < 1.29 is 9.53 Å². The zero-order chi connectivity index (χ0) is 15.7. The van der Waals surface area contributed by atoms with Crippen molar-refractivity contribution in [1.82, 2.24) is 0 Å². The van der Waals surface area contributed by atoms with Crippen molar-refractivity contribution in [3.8, 4) is 0 Å². The average Bonchev–Trinajstić information content (AvgIpc) is 2.73. The summed E-state index contributed by atoms with van der Waals surface area (Å²) in [4.78, 5) is 11.9. The van der Waals surface area contributed by atoms with Crippen LogP contribution in [-0.4, -0.2) is 11.6 Å². The van der Waals surface area contributed by atoms with Crippen molar-refractivity contribution in [2.45, 2.75) is 77.7 Å². The number of ether oxygens (including phenoxy) is 1. The number of hydrogen-bond acceptors (Lipinski definition) is 2. The molecule has 2 fully saturated rings. The normalized spacial score (nSPS) is 30.7. The molecule has 2 atom stereocenters. The molecule has 0 saturated heterocycles. The van der Waals surface area contributed by atoms with Gasteiger partial charge in [0.2, 0.25) is 0 Å². The summed E-state index contributed by atoms with van der Waals surface area (Å²) in [5, 5.41) is 0. The molecule has 3 aliphatic rings. The smallest absolute Gasteiger partial charge is 0.331 e. The zero-order valence-corrected chi connectivity index (χ0v) is 14.4. The molecule has 0 bridgehead atoms. The van der Waals surface area contributed by atoms with Gasteiger partial charge in [-0.2, -0.15) is 0 Å². The molecule has 2 heteroatoms. The molecule has 3 aliphatic carbocycles. The van der Waals surface area contributed by atoms with Gasteiger partial charge in [-0.1, -0.05) is 49.3 Å². The van der Waals surface area contributed by atoms with Gasteiger partial charge in [-0.3, -0.25) is 0 Å². The summed E-state index contributed by atoms with van der Waals surface area (Å²) in [6, 6.07) is 0. The maximum absolute atomic E-state index is 11.9. The third-order valence-electron chi connectivity index (χ3n) is 5.36. The number of fused-ring (bicyclic) bond motifs is 1. The number of rotatable bonds is 3. The maximum atomic E-state index is 11.9. The molecule has 0 heterocycles. The predicted octanol–water partition coefficient (Wildman–Crippen LogP) is 5.19. The first-order valence-corrected chi connectivity index (χ1v) is 9.04. The first kappa shape index (κ1) is 15.8. The molecule has 2 saturated carbocycles. The van der Waals surface area contributed by atoms with E-state index in [1.54, 1.807) is 11.6 Å². The molecule has 122 valence electrons. The highest BCUT2D eigenvalue weighted by Crippen LogP contribution is 2.51. The first-order valence-electron chi connectivity index (χ1n) is 9.04. The van der Waals surface area contributed by atoms with Gasteiger partial charge in [0, 0.05) is 12.0 Å². The molecular formula is C20H30O2. The van der Waals surface area contributed by atoms with Crippen LogP contribution in [0.4, 0.5) is 0 Å². The summed E-state index contributed by atoms with van der Waals surface area (Å²) < 4.78 is 5.40. The van der Waals surface area contributed by atoms with Crippen molar-refractivity contribution in [1.29, 1.82) is 0 Å². The molecule has 2 nitrogen and oxygen atoms in total. The first-order chi connectivity index (χ1) is 10.4. The van der Waals surface area contributed by atoms with E-state index >= 15 is 0 Å². The highest BCUT2D eigenvalue weighted by Gasteiger charge is 2.40.